The first kappa shape index (κ1) is 23.5. The minimum absolute atomic E-state index is 0.00601. The topological polar surface area (TPSA) is 110 Å². The Bertz CT molecular complexity index is 1100. The molecule has 3 aromatic rings. The molecule has 0 aliphatic heterocycles. The Balaban J connectivity index is 1.65. The van der Waals surface area contributed by atoms with Crippen molar-refractivity contribution in [1.29, 1.82) is 0 Å². The molecule has 0 aliphatic rings. The Morgan fingerprint density at radius 2 is 1.78 bits per heavy atom. The second-order valence-corrected chi connectivity index (χ2v) is 8.40. The van der Waals surface area contributed by atoms with Crippen LogP contribution in [0.2, 0.25) is 5.02 Å². The van der Waals surface area contributed by atoms with Crippen molar-refractivity contribution in [2.75, 3.05) is 5.32 Å². The van der Waals surface area contributed by atoms with E-state index < -0.39 is 11.9 Å². The number of fused-ring (bicyclic) bond motifs is 1. The number of hydrogen-bond donors (Lipinski definition) is 3. The van der Waals surface area contributed by atoms with Gasteiger partial charge in [-0.2, -0.15) is 0 Å². The summed E-state index contributed by atoms with van der Waals surface area (Å²) in [5, 5.41) is 7.53. The van der Waals surface area contributed by atoms with Gasteiger partial charge in [0.25, 0.3) is 0 Å². The molecule has 0 spiro atoms. The van der Waals surface area contributed by atoms with Gasteiger partial charge in [-0.1, -0.05) is 55.8 Å². The van der Waals surface area contributed by atoms with Gasteiger partial charge in [0.15, 0.2) is 0 Å². The number of halogens is 1. The molecule has 168 valence electrons. The SMILES string of the molecule is CC(C)[C@H](Nc1nc(CCCC(=O)NCc2ccccc2Cl)nc2ccccc12)C(N)=O. The first-order chi connectivity index (χ1) is 15.3. The van der Waals surface area contributed by atoms with Crippen LogP contribution in [0.25, 0.3) is 10.9 Å². The van der Waals surface area contributed by atoms with Crippen molar-refractivity contribution in [3.63, 3.8) is 0 Å². The van der Waals surface area contributed by atoms with E-state index in [1.54, 1.807) is 6.07 Å². The van der Waals surface area contributed by atoms with Crippen molar-refractivity contribution in [3.8, 4) is 0 Å². The average molecular weight is 454 g/mol. The van der Waals surface area contributed by atoms with E-state index in [4.69, 9.17) is 17.3 Å². The molecule has 0 radical (unpaired) electrons. The molecule has 0 bridgehead atoms. The number of carbonyl (C=O) groups excluding carboxylic acids is 2. The smallest absolute Gasteiger partial charge is 0.240 e. The maximum Gasteiger partial charge on any atom is 0.240 e. The first-order valence-corrected chi connectivity index (χ1v) is 11.0. The minimum atomic E-state index is -0.545. The van der Waals surface area contributed by atoms with Crippen LogP contribution >= 0.6 is 11.6 Å². The van der Waals surface area contributed by atoms with Crippen molar-refractivity contribution in [3.05, 3.63) is 64.9 Å². The number of primary amides is 1. The monoisotopic (exact) mass is 453 g/mol. The third-order valence-corrected chi connectivity index (χ3v) is 5.52. The molecule has 0 aliphatic carbocycles. The van der Waals surface area contributed by atoms with Gasteiger partial charge in [0, 0.05) is 29.8 Å². The van der Waals surface area contributed by atoms with Crippen molar-refractivity contribution >= 4 is 40.1 Å². The number of anilines is 1. The largest absolute Gasteiger partial charge is 0.368 e. The normalized spacial score (nSPS) is 12.0. The summed E-state index contributed by atoms with van der Waals surface area (Å²) in [5.41, 5.74) is 7.22. The standard InChI is InChI=1S/C24H28ClN5O2/c1-15(2)22(23(26)32)30-24-17-9-4-6-11-19(17)28-20(29-24)12-7-13-21(31)27-14-16-8-3-5-10-18(16)25/h3-6,8-11,15,22H,7,12-14H2,1-2H3,(H2,26,32)(H,27,31)(H,28,29,30)/t22-/m0/s1. The van der Waals surface area contributed by atoms with Crippen LogP contribution < -0.4 is 16.4 Å². The zero-order valence-corrected chi connectivity index (χ0v) is 19.0. The molecule has 8 heteroatoms. The number of nitrogens with zero attached hydrogens (tertiary/aromatic N) is 2. The zero-order chi connectivity index (χ0) is 23.1. The van der Waals surface area contributed by atoms with Gasteiger partial charge in [0.2, 0.25) is 11.8 Å². The second-order valence-electron chi connectivity index (χ2n) is 8.00. The number of benzene rings is 2. The maximum atomic E-state index is 12.2. The lowest BCUT2D eigenvalue weighted by molar-refractivity contribution is -0.121. The van der Waals surface area contributed by atoms with Gasteiger partial charge in [0.05, 0.1) is 5.52 Å². The first-order valence-electron chi connectivity index (χ1n) is 10.7. The number of nitrogens with two attached hydrogens (primary N) is 1. The summed E-state index contributed by atoms with van der Waals surface area (Å²) in [7, 11) is 0. The quantitative estimate of drug-likeness (QED) is 0.432. The summed E-state index contributed by atoms with van der Waals surface area (Å²) in [5.74, 6) is 0.701. The van der Waals surface area contributed by atoms with Gasteiger partial charge in [0.1, 0.15) is 17.7 Å². The third kappa shape index (κ3) is 6.17. The predicted molar refractivity (Wildman–Crippen MR) is 127 cm³/mol. The van der Waals surface area contributed by atoms with E-state index in [1.807, 2.05) is 56.3 Å². The molecular formula is C24H28ClN5O2. The van der Waals surface area contributed by atoms with E-state index in [-0.39, 0.29) is 11.8 Å². The van der Waals surface area contributed by atoms with Gasteiger partial charge in [-0.05, 0) is 36.1 Å². The lowest BCUT2D eigenvalue weighted by Crippen LogP contribution is -2.39. The average Bonchev–Trinajstić information content (AvgIpc) is 2.76. The number of hydrogen-bond acceptors (Lipinski definition) is 5. The van der Waals surface area contributed by atoms with Crippen LogP contribution in [-0.2, 0) is 22.6 Å². The van der Waals surface area contributed by atoms with E-state index in [2.05, 4.69) is 20.6 Å². The lowest BCUT2D eigenvalue weighted by Gasteiger charge is -2.21. The Kier molecular flexibility index (Phi) is 8.00. The molecule has 1 heterocycles. The van der Waals surface area contributed by atoms with Crippen LogP contribution in [0.4, 0.5) is 5.82 Å². The van der Waals surface area contributed by atoms with Crippen LogP contribution in [0, 0.1) is 5.92 Å². The molecule has 0 saturated heterocycles. The number of para-hydroxylation sites is 1. The fourth-order valence-electron chi connectivity index (χ4n) is 3.39. The van der Waals surface area contributed by atoms with E-state index in [9.17, 15) is 9.59 Å². The number of aryl methyl sites for hydroxylation is 1. The molecule has 7 nitrogen and oxygen atoms in total. The molecule has 1 atom stereocenters. The van der Waals surface area contributed by atoms with Gasteiger partial charge >= 0.3 is 0 Å². The van der Waals surface area contributed by atoms with Gasteiger partial charge < -0.3 is 16.4 Å². The van der Waals surface area contributed by atoms with Crippen LogP contribution in [0.1, 0.15) is 38.1 Å². The highest BCUT2D eigenvalue weighted by atomic mass is 35.5. The van der Waals surface area contributed by atoms with Crippen molar-refractivity contribution in [2.45, 2.75) is 45.7 Å². The Morgan fingerprint density at radius 1 is 1.06 bits per heavy atom. The molecule has 2 aromatic carbocycles. The van der Waals surface area contributed by atoms with Gasteiger partial charge in [-0.15, -0.1) is 0 Å². The van der Waals surface area contributed by atoms with Crippen LogP contribution in [0.5, 0.6) is 0 Å². The summed E-state index contributed by atoms with van der Waals surface area (Å²) >= 11 is 6.13. The molecule has 0 unspecified atom stereocenters. The highest BCUT2D eigenvalue weighted by Crippen LogP contribution is 2.23. The number of rotatable bonds is 10. The van der Waals surface area contributed by atoms with Crippen LogP contribution in [-0.4, -0.2) is 27.8 Å². The van der Waals surface area contributed by atoms with Crippen LogP contribution in [0.15, 0.2) is 48.5 Å². The molecule has 4 N–H and O–H groups in total. The number of aromatic nitrogens is 2. The molecule has 32 heavy (non-hydrogen) atoms. The highest BCUT2D eigenvalue weighted by molar-refractivity contribution is 6.31. The molecule has 1 aromatic heterocycles. The molecule has 3 rings (SSSR count). The Labute approximate surface area is 192 Å². The Hall–Kier alpha value is -3.19. The summed E-state index contributed by atoms with van der Waals surface area (Å²) < 4.78 is 0. The fraction of sp³-hybridized carbons (Fsp3) is 0.333. The molecule has 2 amide bonds. The fourth-order valence-corrected chi connectivity index (χ4v) is 3.59. The number of amides is 2. The molecule has 0 fully saturated rings. The predicted octanol–water partition coefficient (Wildman–Crippen LogP) is 3.84. The molecular weight excluding hydrogens is 426 g/mol. The van der Waals surface area contributed by atoms with Crippen LogP contribution in [0.3, 0.4) is 0 Å². The zero-order valence-electron chi connectivity index (χ0n) is 18.3. The van der Waals surface area contributed by atoms with E-state index in [1.165, 1.54) is 0 Å². The minimum Gasteiger partial charge on any atom is -0.368 e. The number of nitrogens with one attached hydrogen (secondary N) is 2. The summed E-state index contributed by atoms with van der Waals surface area (Å²) in [6, 6.07) is 14.5. The second kappa shape index (κ2) is 10.9. The van der Waals surface area contributed by atoms with Crippen molar-refractivity contribution in [2.24, 2.45) is 11.7 Å². The van der Waals surface area contributed by atoms with Gasteiger partial charge in [-0.25, -0.2) is 9.97 Å². The summed E-state index contributed by atoms with van der Waals surface area (Å²) in [6.45, 7) is 4.24. The summed E-state index contributed by atoms with van der Waals surface area (Å²) in [4.78, 5) is 33.3. The number of carbonyl (C=O) groups is 2. The van der Waals surface area contributed by atoms with Crippen molar-refractivity contribution < 1.29 is 9.59 Å². The maximum absolute atomic E-state index is 12.2. The van der Waals surface area contributed by atoms with Gasteiger partial charge in [-0.3, -0.25) is 9.59 Å². The lowest BCUT2D eigenvalue weighted by atomic mass is 10.0. The molecule has 0 saturated carbocycles. The highest BCUT2D eigenvalue weighted by Gasteiger charge is 2.21. The van der Waals surface area contributed by atoms with E-state index in [0.717, 1.165) is 16.5 Å². The van der Waals surface area contributed by atoms with E-state index in [0.29, 0.717) is 42.5 Å². The van der Waals surface area contributed by atoms with Crippen molar-refractivity contribution in [1.82, 2.24) is 15.3 Å². The van der Waals surface area contributed by atoms with E-state index >= 15 is 0 Å². The third-order valence-electron chi connectivity index (χ3n) is 5.15. The summed E-state index contributed by atoms with van der Waals surface area (Å²) in [6.07, 6.45) is 1.47. The Morgan fingerprint density at radius 3 is 2.50 bits per heavy atom.